The van der Waals surface area contributed by atoms with Gasteiger partial charge in [-0.2, -0.15) is 0 Å². The Kier molecular flexibility index (Phi) is 14.4. The number of imidazole rings is 3. The summed E-state index contributed by atoms with van der Waals surface area (Å²) in [7, 11) is 0. The van der Waals surface area contributed by atoms with Gasteiger partial charge in [-0.15, -0.1) is 0 Å². The number of carbonyl (C=O) groups is 8. The molecular formula is C35H68N16O8. The highest BCUT2D eigenvalue weighted by atomic mass is 16.2. The first kappa shape index (κ1) is 42.1. The number of aromatic amines is 5. The van der Waals surface area contributed by atoms with Gasteiger partial charge in [0.1, 0.15) is 23.0 Å². The van der Waals surface area contributed by atoms with Gasteiger partial charge in [-0.3, -0.25) is 38.4 Å². The molecule has 0 aliphatic rings. The van der Waals surface area contributed by atoms with Crippen LogP contribution in [-0.2, 0) is 14.4 Å². The topological polar surface area (TPSA) is 350 Å². The van der Waals surface area contributed by atoms with E-state index in [9.17, 15) is 38.4 Å². The van der Waals surface area contributed by atoms with Crippen molar-refractivity contribution >= 4 is 70.3 Å². The van der Waals surface area contributed by atoms with Crippen molar-refractivity contribution < 1.29 is 56.9 Å². The molecule has 0 aromatic carbocycles. The standard InChI is InChI=1S/C35H42N16O8.13H2/c1-3-18(2)45-25(52)4-9-40-33(57)29-43-16-23(50-29)48-26(53)5-7-39-32(56)22-13-20(15-42-22)47-35(59)30-44-17-24(51-30)49-27(54)6-8-38-31(55)21-12-19(14-41-21)46-34(58)28-36-10-11-37-28;;;;;;;;;;;;;/h10-18,41-42H,3-9H2,1-2H3,(H,36,37)(H,38,55)(H,39,56)(H,40,57)(H,43,50)(H,44,51)(H,45,52)(H,46,58)(H,47,59)(H,48,53)(H,49,54);13*1H. The Balaban J connectivity index is -0.000000436. The molecule has 59 heavy (non-hydrogen) atoms. The highest BCUT2D eigenvalue weighted by Gasteiger charge is 2.17. The largest absolute Gasteiger partial charge is 0.355 e. The van der Waals surface area contributed by atoms with Crippen molar-refractivity contribution in [2.24, 2.45) is 0 Å². The van der Waals surface area contributed by atoms with Crippen LogP contribution in [0.1, 0.15) is 111 Å². The van der Waals surface area contributed by atoms with Crippen LogP contribution in [0, 0.1) is 0 Å². The molecule has 5 aromatic heterocycles. The lowest BCUT2D eigenvalue weighted by atomic mass is 10.2. The number of nitrogens with one attached hydrogen (secondary N) is 13. The highest BCUT2D eigenvalue weighted by molar-refractivity contribution is 6.04. The first-order valence-electron chi connectivity index (χ1n) is 18.2. The van der Waals surface area contributed by atoms with E-state index in [2.05, 4.69) is 82.4 Å². The minimum absolute atomic E-state index is 0. The second kappa shape index (κ2) is 20.2. The van der Waals surface area contributed by atoms with Gasteiger partial charge in [0.25, 0.3) is 29.5 Å². The monoisotopic (exact) mass is 841 g/mol. The molecule has 5 rings (SSSR count). The molecule has 13 N–H and O–H groups in total. The van der Waals surface area contributed by atoms with Crippen molar-refractivity contribution in [1.29, 1.82) is 0 Å². The molecule has 24 heteroatoms. The maximum Gasteiger partial charge on any atom is 0.291 e. The maximum absolute atomic E-state index is 12.7. The van der Waals surface area contributed by atoms with Crippen molar-refractivity contribution in [2.45, 2.75) is 45.6 Å². The minimum atomic E-state index is -0.671. The highest BCUT2D eigenvalue weighted by Crippen LogP contribution is 2.13. The molecule has 0 aliphatic heterocycles. The van der Waals surface area contributed by atoms with Crippen LogP contribution in [-0.4, -0.2) is 113 Å². The molecule has 0 saturated carbocycles. The van der Waals surface area contributed by atoms with E-state index in [4.69, 9.17) is 0 Å². The lowest BCUT2D eigenvalue weighted by Gasteiger charge is -2.11. The average Bonchev–Trinajstić information content (AvgIpc) is 4.06. The van der Waals surface area contributed by atoms with Crippen LogP contribution < -0.4 is 42.5 Å². The van der Waals surface area contributed by atoms with E-state index in [0.29, 0.717) is 5.69 Å². The molecule has 5 aromatic rings. The number of carbonyl (C=O) groups excluding carboxylic acids is 8. The molecule has 24 nitrogen and oxygen atoms in total. The summed E-state index contributed by atoms with van der Waals surface area (Å²) >= 11 is 0. The van der Waals surface area contributed by atoms with Crippen LogP contribution in [0.15, 0.2) is 49.3 Å². The van der Waals surface area contributed by atoms with Crippen LogP contribution in [0.4, 0.5) is 23.0 Å². The van der Waals surface area contributed by atoms with Crippen LogP contribution in [0.3, 0.4) is 0 Å². The predicted octanol–water partition coefficient (Wildman–Crippen LogP) is 3.77. The summed E-state index contributed by atoms with van der Waals surface area (Å²) in [5, 5.41) is 20.8. The van der Waals surface area contributed by atoms with Gasteiger partial charge in [0.2, 0.25) is 17.7 Å². The van der Waals surface area contributed by atoms with E-state index in [-0.39, 0.29) is 116 Å². The molecule has 8 amide bonds. The first-order chi connectivity index (χ1) is 28.4. The van der Waals surface area contributed by atoms with Crippen molar-refractivity contribution in [2.75, 3.05) is 40.9 Å². The van der Waals surface area contributed by atoms with Gasteiger partial charge in [0, 0.05) is 88.3 Å². The maximum atomic E-state index is 12.7. The number of amides is 8. The second-order valence-electron chi connectivity index (χ2n) is 12.7. The van der Waals surface area contributed by atoms with E-state index >= 15 is 0 Å². The summed E-state index contributed by atoms with van der Waals surface area (Å²) in [6.45, 7) is 3.87. The molecule has 0 fully saturated rings. The summed E-state index contributed by atoms with van der Waals surface area (Å²) in [5.41, 5.74) is 0.829. The summed E-state index contributed by atoms with van der Waals surface area (Å²) in [6.07, 6.45) is 8.90. The molecule has 0 saturated heterocycles. The normalized spacial score (nSPS) is 11.2. The van der Waals surface area contributed by atoms with E-state index in [1.54, 1.807) is 0 Å². The van der Waals surface area contributed by atoms with Crippen molar-refractivity contribution in [3.05, 3.63) is 78.2 Å². The number of hydrogen-bond acceptors (Lipinski definition) is 11. The van der Waals surface area contributed by atoms with E-state index in [1.165, 1.54) is 49.3 Å². The number of anilines is 4. The fraction of sp³-hybridized carbons (Fsp3) is 0.286. The molecule has 0 radical (unpaired) electrons. The number of hydrogen-bond donors (Lipinski definition) is 13. The Bertz CT molecular complexity index is 2330. The smallest absolute Gasteiger partial charge is 0.291 e. The van der Waals surface area contributed by atoms with Crippen LogP contribution in [0.25, 0.3) is 0 Å². The SMILES string of the molecule is CCC(C)NC(=O)CCNC(=O)c1ncc(NC(=O)CCNC(=O)c2cc(NC(=O)c3ncc(NC(=O)CCNC(=O)c4cc(NC(=O)c5ncc[nH]5)c[nH]4)[nH]3)c[nH]2)[nH]1.[HH].[HH].[HH].[HH].[HH].[HH].[HH].[HH].[HH].[HH].[HH].[HH].[HH]. The summed E-state index contributed by atoms with van der Waals surface area (Å²) in [6, 6.07) is 2.83. The van der Waals surface area contributed by atoms with Crippen LogP contribution in [0.5, 0.6) is 0 Å². The molecule has 5 heterocycles. The molecular weight excluding hydrogens is 772 g/mol. The first-order valence-corrected chi connectivity index (χ1v) is 18.2. The summed E-state index contributed by atoms with van der Waals surface area (Å²) < 4.78 is 0. The van der Waals surface area contributed by atoms with Crippen molar-refractivity contribution in [1.82, 2.24) is 61.1 Å². The van der Waals surface area contributed by atoms with Gasteiger partial charge >= 0.3 is 0 Å². The number of nitrogens with zero attached hydrogens (tertiary/aromatic N) is 3. The Morgan fingerprint density at radius 3 is 1.56 bits per heavy atom. The number of H-pyrrole nitrogens is 5. The minimum Gasteiger partial charge on any atom is -0.355 e. The zero-order chi connectivity index (χ0) is 42.3. The number of aromatic nitrogens is 8. The van der Waals surface area contributed by atoms with Gasteiger partial charge in [0.15, 0.2) is 17.5 Å². The molecule has 1 unspecified atom stereocenters. The third-order valence-corrected chi connectivity index (χ3v) is 8.15. The molecule has 1 atom stereocenters. The second-order valence-corrected chi connectivity index (χ2v) is 12.7. The van der Waals surface area contributed by atoms with Crippen molar-refractivity contribution in [3.63, 3.8) is 0 Å². The van der Waals surface area contributed by atoms with Gasteiger partial charge in [-0.1, -0.05) is 6.92 Å². The lowest BCUT2D eigenvalue weighted by molar-refractivity contribution is -0.121. The summed E-state index contributed by atoms with van der Waals surface area (Å²) in [4.78, 5) is 124. The Morgan fingerprint density at radius 2 is 1.07 bits per heavy atom. The number of rotatable bonds is 20. The quantitative estimate of drug-likeness (QED) is 0.0535. The van der Waals surface area contributed by atoms with Gasteiger partial charge in [0.05, 0.1) is 23.8 Å². The Morgan fingerprint density at radius 1 is 0.593 bits per heavy atom. The van der Waals surface area contributed by atoms with Crippen LogP contribution >= 0.6 is 0 Å². The third kappa shape index (κ3) is 12.7. The van der Waals surface area contributed by atoms with Gasteiger partial charge in [-0.25, -0.2) is 15.0 Å². The molecule has 336 valence electrons. The van der Waals surface area contributed by atoms with E-state index in [1.807, 2.05) is 13.8 Å². The zero-order valence-corrected chi connectivity index (χ0v) is 31.8. The van der Waals surface area contributed by atoms with Gasteiger partial charge in [-0.05, 0) is 25.5 Å². The molecule has 0 aliphatic carbocycles. The van der Waals surface area contributed by atoms with Crippen LogP contribution in [0.2, 0.25) is 0 Å². The lowest BCUT2D eigenvalue weighted by Crippen LogP contribution is -2.35. The van der Waals surface area contributed by atoms with Gasteiger partial charge < -0.3 is 67.5 Å². The summed E-state index contributed by atoms with van der Waals surface area (Å²) in [5.74, 6) is -3.70. The van der Waals surface area contributed by atoms with E-state index in [0.717, 1.165) is 6.42 Å². The van der Waals surface area contributed by atoms with E-state index < -0.39 is 41.4 Å². The fourth-order valence-corrected chi connectivity index (χ4v) is 4.98. The predicted molar refractivity (Wildman–Crippen MR) is 237 cm³/mol. The Hall–Kier alpha value is -8.05. The molecule has 0 bridgehead atoms. The zero-order valence-electron chi connectivity index (χ0n) is 31.8. The Labute approximate surface area is 353 Å². The molecule has 0 spiro atoms. The third-order valence-electron chi connectivity index (χ3n) is 8.15. The average molecular weight is 841 g/mol. The fourth-order valence-electron chi connectivity index (χ4n) is 4.98. The van der Waals surface area contributed by atoms with Crippen molar-refractivity contribution in [3.8, 4) is 0 Å².